The van der Waals surface area contributed by atoms with E-state index < -0.39 is 0 Å². The Hall–Kier alpha value is -2.69. The van der Waals surface area contributed by atoms with Crippen LogP contribution in [0.15, 0.2) is 48.8 Å². The SMILES string of the molecule is COc1ccccc1OCc1cnc2ccc(N)cn12. The van der Waals surface area contributed by atoms with Crippen molar-refractivity contribution < 1.29 is 9.47 Å². The molecule has 0 amide bonds. The van der Waals surface area contributed by atoms with Crippen molar-refractivity contribution in [1.82, 2.24) is 9.38 Å². The summed E-state index contributed by atoms with van der Waals surface area (Å²) in [4.78, 5) is 4.31. The molecule has 5 nitrogen and oxygen atoms in total. The Morgan fingerprint density at radius 2 is 1.95 bits per heavy atom. The molecule has 1 aromatic carbocycles. The maximum Gasteiger partial charge on any atom is 0.161 e. The van der Waals surface area contributed by atoms with Gasteiger partial charge in [-0.2, -0.15) is 0 Å². The number of nitrogens with zero attached hydrogens (tertiary/aromatic N) is 2. The zero-order valence-corrected chi connectivity index (χ0v) is 11.1. The topological polar surface area (TPSA) is 61.8 Å². The molecule has 0 atom stereocenters. The number of rotatable bonds is 4. The molecule has 2 heterocycles. The molecule has 0 aliphatic carbocycles. The van der Waals surface area contributed by atoms with Crippen LogP contribution in [0.1, 0.15) is 5.69 Å². The van der Waals surface area contributed by atoms with Crippen LogP contribution in [0.25, 0.3) is 5.65 Å². The average Bonchev–Trinajstić information content (AvgIpc) is 2.87. The summed E-state index contributed by atoms with van der Waals surface area (Å²) in [6.07, 6.45) is 3.62. The van der Waals surface area contributed by atoms with Gasteiger partial charge in [-0.15, -0.1) is 0 Å². The molecule has 0 saturated heterocycles. The van der Waals surface area contributed by atoms with Gasteiger partial charge in [0.05, 0.1) is 19.0 Å². The Kier molecular flexibility index (Phi) is 3.16. The number of hydrogen-bond donors (Lipinski definition) is 1. The van der Waals surface area contributed by atoms with E-state index in [0.29, 0.717) is 23.8 Å². The summed E-state index contributed by atoms with van der Waals surface area (Å²) in [6, 6.07) is 11.2. The molecule has 2 aromatic heterocycles. The molecule has 3 rings (SSSR count). The van der Waals surface area contributed by atoms with E-state index in [1.165, 1.54) is 0 Å². The van der Waals surface area contributed by atoms with E-state index in [0.717, 1.165) is 11.3 Å². The largest absolute Gasteiger partial charge is 0.493 e. The fraction of sp³-hybridized carbons (Fsp3) is 0.133. The van der Waals surface area contributed by atoms with Crippen molar-refractivity contribution in [2.24, 2.45) is 0 Å². The fourth-order valence-corrected chi connectivity index (χ4v) is 2.04. The molecule has 2 N–H and O–H groups in total. The lowest BCUT2D eigenvalue weighted by Gasteiger charge is -2.10. The van der Waals surface area contributed by atoms with Gasteiger partial charge in [-0.25, -0.2) is 4.98 Å². The first-order valence-electron chi connectivity index (χ1n) is 6.25. The molecule has 0 bridgehead atoms. The van der Waals surface area contributed by atoms with Crippen LogP contribution in [-0.2, 0) is 6.61 Å². The zero-order valence-electron chi connectivity index (χ0n) is 11.1. The summed E-state index contributed by atoms with van der Waals surface area (Å²) in [5.41, 5.74) is 8.26. The van der Waals surface area contributed by atoms with Crippen LogP contribution in [0, 0.1) is 0 Å². The molecule has 102 valence electrons. The third-order valence-electron chi connectivity index (χ3n) is 3.05. The van der Waals surface area contributed by atoms with Crippen LogP contribution in [-0.4, -0.2) is 16.5 Å². The van der Waals surface area contributed by atoms with Crippen LogP contribution in [0.5, 0.6) is 11.5 Å². The lowest BCUT2D eigenvalue weighted by molar-refractivity contribution is 0.280. The molecule has 5 heteroatoms. The van der Waals surface area contributed by atoms with E-state index >= 15 is 0 Å². The summed E-state index contributed by atoms with van der Waals surface area (Å²) >= 11 is 0. The molecule has 3 aromatic rings. The molecule has 0 aliphatic rings. The summed E-state index contributed by atoms with van der Waals surface area (Å²) in [5.74, 6) is 1.41. The standard InChI is InChI=1S/C15H15N3O2/c1-19-13-4-2-3-5-14(13)20-10-12-8-17-15-7-6-11(16)9-18(12)15/h2-9H,10,16H2,1H3. The molecular weight excluding hydrogens is 254 g/mol. The third-order valence-corrected chi connectivity index (χ3v) is 3.05. The lowest BCUT2D eigenvalue weighted by Crippen LogP contribution is -2.01. The first-order valence-corrected chi connectivity index (χ1v) is 6.25. The van der Waals surface area contributed by atoms with Gasteiger partial charge < -0.3 is 15.2 Å². The second-order valence-electron chi connectivity index (χ2n) is 4.38. The number of ether oxygens (including phenoxy) is 2. The maximum atomic E-state index is 5.80. The minimum absolute atomic E-state index is 0.394. The Balaban J connectivity index is 1.85. The van der Waals surface area contributed by atoms with Gasteiger partial charge in [0.25, 0.3) is 0 Å². The Morgan fingerprint density at radius 3 is 2.75 bits per heavy atom. The van der Waals surface area contributed by atoms with Gasteiger partial charge in [0.2, 0.25) is 0 Å². The van der Waals surface area contributed by atoms with Crippen LogP contribution in [0.2, 0.25) is 0 Å². The first-order chi connectivity index (χ1) is 9.78. The van der Waals surface area contributed by atoms with Crippen LogP contribution in [0.3, 0.4) is 0 Å². The van der Waals surface area contributed by atoms with Gasteiger partial charge in [0.1, 0.15) is 12.3 Å². The number of anilines is 1. The quantitative estimate of drug-likeness (QED) is 0.790. The predicted octanol–water partition coefficient (Wildman–Crippen LogP) is 2.50. The minimum atomic E-state index is 0.394. The molecule has 0 spiro atoms. The molecule has 0 aliphatic heterocycles. The zero-order chi connectivity index (χ0) is 13.9. The predicted molar refractivity (Wildman–Crippen MR) is 76.9 cm³/mol. The maximum absolute atomic E-state index is 5.80. The van der Waals surface area contributed by atoms with Gasteiger partial charge in [-0.3, -0.25) is 4.40 Å². The van der Waals surface area contributed by atoms with Crippen LogP contribution < -0.4 is 15.2 Å². The molecule has 0 fully saturated rings. The van der Waals surface area contributed by atoms with Crippen molar-refractivity contribution in [1.29, 1.82) is 0 Å². The number of fused-ring (bicyclic) bond motifs is 1. The van der Waals surface area contributed by atoms with Gasteiger partial charge in [0.15, 0.2) is 11.5 Å². The van der Waals surface area contributed by atoms with E-state index in [4.69, 9.17) is 15.2 Å². The van der Waals surface area contributed by atoms with Crippen molar-refractivity contribution in [3.05, 3.63) is 54.5 Å². The Morgan fingerprint density at radius 1 is 1.15 bits per heavy atom. The molecule has 0 radical (unpaired) electrons. The van der Waals surface area contributed by atoms with Crippen molar-refractivity contribution in [2.45, 2.75) is 6.61 Å². The molecule has 20 heavy (non-hydrogen) atoms. The number of pyridine rings is 1. The smallest absolute Gasteiger partial charge is 0.161 e. The second kappa shape index (κ2) is 5.13. The number of nitrogen functional groups attached to an aromatic ring is 1. The van der Waals surface area contributed by atoms with Crippen LogP contribution in [0.4, 0.5) is 5.69 Å². The normalized spacial score (nSPS) is 10.7. The first kappa shape index (κ1) is 12.3. The van der Waals surface area contributed by atoms with E-state index in [1.54, 1.807) is 13.3 Å². The summed E-state index contributed by atoms with van der Waals surface area (Å²) in [7, 11) is 1.62. The number of para-hydroxylation sites is 2. The van der Waals surface area contributed by atoms with Crippen molar-refractivity contribution >= 4 is 11.3 Å². The fourth-order valence-electron chi connectivity index (χ4n) is 2.04. The summed E-state index contributed by atoms with van der Waals surface area (Å²) in [5, 5.41) is 0. The highest BCUT2D eigenvalue weighted by Gasteiger charge is 2.07. The van der Waals surface area contributed by atoms with Gasteiger partial charge in [0, 0.05) is 11.9 Å². The second-order valence-corrected chi connectivity index (χ2v) is 4.38. The molecule has 0 saturated carbocycles. The highest BCUT2D eigenvalue weighted by molar-refractivity contribution is 5.48. The van der Waals surface area contributed by atoms with Gasteiger partial charge >= 0.3 is 0 Å². The average molecular weight is 269 g/mol. The summed E-state index contributed by atoms with van der Waals surface area (Å²) < 4.78 is 13.0. The van der Waals surface area contributed by atoms with E-state index in [-0.39, 0.29) is 0 Å². The number of imidazole rings is 1. The Labute approximate surface area is 116 Å². The van der Waals surface area contributed by atoms with E-state index in [9.17, 15) is 0 Å². The minimum Gasteiger partial charge on any atom is -0.493 e. The number of nitrogens with two attached hydrogens (primary N) is 1. The van der Waals surface area contributed by atoms with Crippen molar-refractivity contribution in [2.75, 3.05) is 12.8 Å². The van der Waals surface area contributed by atoms with E-state index in [1.807, 2.05) is 47.0 Å². The van der Waals surface area contributed by atoms with Gasteiger partial charge in [-0.1, -0.05) is 12.1 Å². The number of aromatic nitrogens is 2. The molecule has 0 unspecified atom stereocenters. The van der Waals surface area contributed by atoms with Crippen molar-refractivity contribution in [3.8, 4) is 11.5 Å². The lowest BCUT2D eigenvalue weighted by atomic mass is 10.3. The number of hydrogen-bond acceptors (Lipinski definition) is 4. The van der Waals surface area contributed by atoms with Gasteiger partial charge in [-0.05, 0) is 24.3 Å². The number of methoxy groups -OCH3 is 1. The Bertz CT molecular complexity index is 737. The van der Waals surface area contributed by atoms with Crippen molar-refractivity contribution in [3.63, 3.8) is 0 Å². The highest BCUT2D eigenvalue weighted by atomic mass is 16.5. The number of benzene rings is 1. The third kappa shape index (κ3) is 2.25. The monoisotopic (exact) mass is 269 g/mol. The molecular formula is C15H15N3O2. The summed E-state index contributed by atoms with van der Waals surface area (Å²) in [6.45, 7) is 0.394. The van der Waals surface area contributed by atoms with E-state index in [2.05, 4.69) is 4.98 Å². The van der Waals surface area contributed by atoms with Crippen LogP contribution >= 0.6 is 0 Å². The highest BCUT2D eigenvalue weighted by Crippen LogP contribution is 2.26.